The van der Waals surface area contributed by atoms with Crippen molar-refractivity contribution in [3.8, 4) is 0 Å². The van der Waals surface area contributed by atoms with Crippen molar-refractivity contribution in [3.05, 3.63) is 11.1 Å². The highest BCUT2D eigenvalue weighted by Crippen LogP contribution is 2.18. The predicted molar refractivity (Wildman–Crippen MR) is 67.6 cm³/mol. The topological polar surface area (TPSA) is 71.5 Å². The van der Waals surface area contributed by atoms with Gasteiger partial charge in [0.05, 0.1) is 17.7 Å². The van der Waals surface area contributed by atoms with Gasteiger partial charge < -0.3 is 15.2 Å². The first-order valence-corrected chi connectivity index (χ1v) is 6.26. The first-order valence-electron chi connectivity index (χ1n) is 5.38. The lowest BCUT2D eigenvalue weighted by Crippen LogP contribution is -2.31. The highest BCUT2D eigenvalue weighted by molar-refractivity contribution is 7.13. The van der Waals surface area contributed by atoms with Gasteiger partial charge in [-0.2, -0.15) is 0 Å². The lowest BCUT2D eigenvalue weighted by molar-refractivity contribution is -0.136. The van der Waals surface area contributed by atoms with Gasteiger partial charge in [-0.05, 0) is 13.8 Å². The first-order chi connectivity index (χ1) is 7.93. The Morgan fingerprint density at radius 1 is 1.65 bits per heavy atom. The smallest absolute Gasteiger partial charge is 0.303 e. The number of hydrogen-bond acceptors (Lipinski definition) is 5. The van der Waals surface area contributed by atoms with Crippen LogP contribution in [0.1, 0.15) is 26.0 Å². The third-order valence-corrected chi connectivity index (χ3v) is 3.21. The molecule has 0 saturated heterocycles. The zero-order chi connectivity index (χ0) is 12.9. The van der Waals surface area contributed by atoms with E-state index in [0.29, 0.717) is 13.0 Å². The number of methoxy groups -OCH3 is 1. The summed E-state index contributed by atoms with van der Waals surface area (Å²) in [7, 11) is 1.67. The Morgan fingerprint density at radius 3 is 2.94 bits per heavy atom. The number of aryl methyl sites for hydroxylation is 1. The number of hydrogen-bond donors (Lipinski definition) is 2. The molecule has 1 rings (SSSR count). The van der Waals surface area contributed by atoms with E-state index in [2.05, 4.69) is 10.3 Å². The number of carbonyl (C=O) groups is 1. The SMILES string of the molecule is COC(C)(C)CNc1nc(CCC(=O)O)cs1. The molecule has 0 aromatic carbocycles. The Kier molecular flexibility index (Phi) is 4.89. The fourth-order valence-corrected chi connectivity index (χ4v) is 1.84. The molecule has 0 amide bonds. The third-order valence-electron chi connectivity index (χ3n) is 2.36. The van der Waals surface area contributed by atoms with Crippen molar-refractivity contribution in [2.24, 2.45) is 0 Å². The van der Waals surface area contributed by atoms with Crippen molar-refractivity contribution < 1.29 is 14.6 Å². The molecule has 5 nitrogen and oxygen atoms in total. The number of nitrogens with zero attached hydrogens (tertiary/aromatic N) is 1. The number of anilines is 1. The summed E-state index contributed by atoms with van der Waals surface area (Å²) in [6, 6.07) is 0. The molecule has 0 bridgehead atoms. The van der Waals surface area contributed by atoms with E-state index in [1.807, 2.05) is 19.2 Å². The lowest BCUT2D eigenvalue weighted by atomic mass is 10.1. The minimum Gasteiger partial charge on any atom is -0.481 e. The molecular formula is C11H18N2O3S. The number of ether oxygens (including phenoxy) is 1. The van der Waals surface area contributed by atoms with Gasteiger partial charge in [-0.3, -0.25) is 4.79 Å². The van der Waals surface area contributed by atoms with Crippen LogP contribution in [0.25, 0.3) is 0 Å². The molecule has 0 atom stereocenters. The van der Waals surface area contributed by atoms with Gasteiger partial charge in [0.25, 0.3) is 0 Å². The molecule has 0 saturated carbocycles. The van der Waals surface area contributed by atoms with Gasteiger partial charge in [-0.1, -0.05) is 0 Å². The Balaban J connectivity index is 2.43. The number of rotatable bonds is 7. The zero-order valence-electron chi connectivity index (χ0n) is 10.3. The molecule has 1 aromatic rings. The Morgan fingerprint density at radius 2 is 2.35 bits per heavy atom. The second-order valence-electron chi connectivity index (χ2n) is 4.36. The number of carboxylic acid groups (broad SMARTS) is 1. The molecule has 1 heterocycles. The van der Waals surface area contributed by atoms with E-state index in [9.17, 15) is 4.79 Å². The van der Waals surface area contributed by atoms with Crippen LogP contribution < -0.4 is 5.32 Å². The summed E-state index contributed by atoms with van der Waals surface area (Å²) in [5.41, 5.74) is 0.572. The lowest BCUT2D eigenvalue weighted by Gasteiger charge is -2.22. The highest BCUT2D eigenvalue weighted by atomic mass is 32.1. The van der Waals surface area contributed by atoms with E-state index in [1.54, 1.807) is 7.11 Å². The molecule has 0 fully saturated rings. The Hall–Kier alpha value is -1.14. The average molecular weight is 258 g/mol. The number of aliphatic carboxylic acids is 1. The molecule has 0 spiro atoms. The monoisotopic (exact) mass is 258 g/mol. The zero-order valence-corrected chi connectivity index (χ0v) is 11.1. The number of nitrogens with one attached hydrogen (secondary N) is 1. The maximum absolute atomic E-state index is 10.4. The summed E-state index contributed by atoms with van der Waals surface area (Å²) < 4.78 is 5.28. The second kappa shape index (κ2) is 5.97. The summed E-state index contributed by atoms with van der Waals surface area (Å²) in [6.07, 6.45) is 0.591. The van der Waals surface area contributed by atoms with E-state index in [4.69, 9.17) is 9.84 Å². The molecular weight excluding hydrogens is 240 g/mol. The van der Waals surface area contributed by atoms with Crippen LogP contribution >= 0.6 is 11.3 Å². The summed E-state index contributed by atoms with van der Waals surface area (Å²) in [6.45, 7) is 4.63. The fourth-order valence-electron chi connectivity index (χ4n) is 1.10. The second-order valence-corrected chi connectivity index (χ2v) is 5.21. The van der Waals surface area contributed by atoms with Crippen molar-refractivity contribution in [1.29, 1.82) is 0 Å². The van der Waals surface area contributed by atoms with Crippen molar-refractivity contribution in [3.63, 3.8) is 0 Å². The average Bonchev–Trinajstić information content (AvgIpc) is 2.72. The number of thiazole rings is 1. The normalized spacial score (nSPS) is 11.5. The van der Waals surface area contributed by atoms with Crippen LogP contribution in [0.2, 0.25) is 0 Å². The molecule has 0 aliphatic rings. The van der Waals surface area contributed by atoms with Crippen molar-refractivity contribution in [2.75, 3.05) is 19.0 Å². The van der Waals surface area contributed by atoms with Gasteiger partial charge in [-0.15, -0.1) is 11.3 Å². The molecule has 17 heavy (non-hydrogen) atoms. The summed E-state index contributed by atoms with van der Waals surface area (Å²) in [4.78, 5) is 14.7. The van der Waals surface area contributed by atoms with Crippen LogP contribution in [0.15, 0.2) is 5.38 Å². The quantitative estimate of drug-likeness (QED) is 0.782. The third kappa shape index (κ3) is 5.14. The van der Waals surface area contributed by atoms with Crippen molar-refractivity contribution >= 4 is 22.4 Å². The van der Waals surface area contributed by atoms with E-state index in [0.717, 1.165) is 10.8 Å². The van der Waals surface area contributed by atoms with Gasteiger partial charge in [0.2, 0.25) is 0 Å². The molecule has 1 aromatic heterocycles. The minimum absolute atomic E-state index is 0.118. The summed E-state index contributed by atoms with van der Waals surface area (Å²) in [5, 5.41) is 14.4. The maximum Gasteiger partial charge on any atom is 0.303 e. The molecule has 6 heteroatoms. The number of carboxylic acids is 1. The fraction of sp³-hybridized carbons (Fsp3) is 0.636. The van der Waals surface area contributed by atoms with Gasteiger partial charge in [0.15, 0.2) is 5.13 Å². The van der Waals surface area contributed by atoms with Crippen LogP contribution in [0.3, 0.4) is 0 Å². The van der Waals surface area contributed by atoms with Crippen LogP contribution in [0.4, 0.5) is 5.13 Å². The van der Waals surface area contributed by atoms with E-state index < -0.39 is 5.97 Å². The standard InChI is InChI=1S/C11H18N2O3S/c1-11(2,16-3)7-12-10-13-8(6-17-10)4-5-9(14)15/h6H,4-5,7H2,1-3H3,(H,12,13)(H,14,15). The van der Waals surface area contributed by atoms with Crippen LogP contribution in [-0.4, -0.2) is 35.3 Å². The molecule has 0 aliphatic carbocycles. The van der Waals surface area contributed by atoms with Crippen LogP contribution in [-0.2, 0) is 16.0 Å². The van der Waals surface area contributed by atoms with Gasteiger partial charge in [0.1, 0.15) is 0 Å². The predicted octanol–water partition coefficient (Wildman–Crippen LogP) is 2.00. The summed E-state index contributed by atoms with van der Waals surface area (Å²) in [5.74, 6) is -0.798. The maximum atomic E-state index is 10.4. The Bertz CT molecular complexity index is 377. The largest absolute Gasteiger partial charge is 0.481 e. The molecule has 0 aliphatic heterocycles. The van der Waals surface area contributed by atoms with Gasteiger partial charge >= 0.3 is 5.97 Å². The molecule has 0 unspecified atom stereocenters. The Labute approximate surface area is 105 Å². The van der Waals surface area contributed by atoms with Crippen molar-refractivity contribution in [2.45, 2.75) is 32.3 Å². The number of aromatic nitrogens is 1. The molecule has 2 N–H and O–H groups in total. The van der Waals surface area contributed by atoms with E-state index >= 15 is 0 Å². The van der Waals surface area contributed by atoms with Crippen LogP contribution in [0.5, 0.6) is 0 Å². The van der Waals surface area contributed by atoms with Gasteiger partial charge in [0, 0.05) is 25.5 Å². The molecule has 96 valence electrons. The molecule has 0 radical (unpaired) electrons. The van der Waals surface area contributed by atoms with Crippen molar-refractivity contribution in [1.82, 2.24) is 4.98 Å². The summed E-state index contributed by atoms with van der Waals surface area (Å²) >= 11 is 1.48. The van der Waals surface area contributed by atoms with E-state index in [-0.39, 0.29) is 12.0 Å². The van der Waals surface area contributed by atoms with Gasteiger partial charge in [-0.25, -0.2) is 4.98 Å². The van der Waals surface area contributed by atoms with Crippen LogP contribution in [0, 0.1) is 0 Å². The first kappa shape index (κ1) is 13.9. The highest BCUT2D eigenvalue weighted by Gasteiger charge is 2.16. The van der Waals surface area contributed by atoms with E-state index in [1.165, 1.54) is 11.3 Å². The minimum atomic E-state index is -0.798.